The molecule has 1 aromatic heterocycles. The van der Waals surface area contributed by atoms with Gasteiger partial charge in [-0.15, -0.1) is 0 Å². The van der Waals surface area contributed by atoms with E-state index in [1.165, 1.54) is 25.7 Å². The first-order valence-electron chi connectivity index (χ1n) is 14.0. The Kier molecular flexibility index (Phi) is 12.2. The molecule has 0 spiro atoms. The number of carbonyl (C=O) groups is 2. The molecular weight excluding hydrogens is 488 g/mol. The molecule has 0 aliphatic heterocycles. The number of Topliss-reactive ketones (excluding diaryl/α,β-unsaturated/α-hetero) is 1. The molecule has 0 saturated heterocycles. The number of amides is 1. The number of ketones is 1. The fourth-order valence-electron chi connectivity index (χ4n) is 4.18. The van der Waals surface area contributed by atoms with E-state index >= 15 is 0 Å². The summed E-state index contributed by atoms with van der Waals surface area (Å²) < 4.78 is 11.2. The van der Waals surface area contributed by atoms with Gasteiger partial charge in [0.05, 0.1) is 18.9 Å². The average Bonchev–Trinajstić information content (AvgIpc) is 2.95. The molecule has 1 amide bonds. The molecule has 3 rings (SSSR count). The van der Waals surface area contributed by atoms with Crippen LogP contribution >= 0.6 is 0 Å². The molecule has 0 radical (unpaired) electrons. The maximum absolute atomic E-state index is 12.8. The number of hydrogen-bond acceptors (Lipinski definition) is 5. The molecule has 3 aromatic rings. The van der Waals surface area contributed by atoms with Crippen LogP contribution in [0.4, 0.5) is 5.82 Å². The summed E-state index contributed by atoms with van der Waals surface area (Å²) in [6.45, 7) is 6.95. The van der Waals surface area contributed by atoms with Crippen molar-refractivity contribution in [3.63, 3.8) is 0 Å². The summed E-state index contributed by atoms with van der Waals surface area (Å²) >= 11 is 0. The van der Waals surface area contributed by atoms with E-state index < -0.39 is 0 Å². The Labute approximate surface area is 232 Å². The van der Waals surface area contributed by atoms with E-state index in [2.05, 4.69) is 29.4 Å². The summed E-state index contributed by atoms with van der Waals surface area (Å²) in [6.07, 6.45) is 10.3. The van der Waals surface area contributed by atoms with E-state index in [1.807, 2.05) is 56.3 Å². The number of pyridine rings is 1. The molecule has 0 unspecified atom stereocenters. The summed E-state index contributed by atoms with van der Waals surface area (Å²) in [6, 6.07) is 18.9. The molecule has 0 bridgehead atoms. The Balaban J connectivity index is 1.67. The van der Waals surface area contributed by atoms with Crippen molar-refractivity contribution in [1.29, 1.82) is 0 Å². The summed E-state index contributed by atoms with van der Waals surface area (Å²) in [4.78, 5) is 30.3. The van der Waals surface area contributed by atoms with Gasteiger partial charge >= 0.3 is 0 Å². The second kappa shape index (κ2) is 16.1. The molecule has 0 fully saturated rings. The van der Waals surface area contributed by atoms with Crippen LogP contribution < -0.4 is 14.8 Å². The third-order valence-corrected chi connectivity index (χ3v) is 6.16. The second-order valence-corrected chi connectivity index (χ2v) is 9.29. The number of hydrogen-bond donors (Lipinski definition) is 1. The molecular formula is C33H40N2O4. The molecule has 1 heterocycles. The number of aromatic nitrogens is 1. The molecule has 0 aliphatic rings. The predicted octanol–water partition coefficient (Wildman–Crippen LogP) is 8.13. The zero-order chi connectivity index (χ0) is 27.9. The lowest BCUT2D eigenvalue weighted by Crippen LogP contribution is -2.15. The smallest absolute Gasteiger partial charge is 0.225 e. The molecule has 39 heavy (non-hydrogen) atoms. The van der Waals surface area contributed by atoms with Gasteiger partial charge in [-0.2, -0.15) is 0 Å². The Morgan fingerprint density at radius 2 is 1.62 bits per heavy atom. The monoisotopic (exact) mass is 528 g/mol. The van der Waals surface area contributed by atoms with Gasteiger partial charge in [0.1, 0.15) is 5.82 Å². The topological polar surface area (TPSA) is 77.5 Å². The number of nitrogens with one attached hydrogen (secondary N) is 1. The zero-order valence-electron chi connectivity index (χ0n) is 23.4. The second-order valence-electron chi connectivity index (χ2n) is 9.29. The van der Waals surface area contributed by atoms with Gasteiger partial charge in [-0.3, -0.25) is 9.59 Å². The highest BCUT2D eigenvalue weighted by atomic mass is 16.5. The first-order chi connectivity index (χ1) is 19.0. The Hall–Kier alpha value is -3.93. The number of anilines is 1. The van der Waals surface area contributed by atoms with Crippen LogP contribution in [0, 0.1) is 0 Å². The van der Waals surface area contributed by atoms with E-state index in [4.69, 9.17) is 9.47 Å². The van der Waals surface area contributed by atoms with E-state index in [0.717, 1.165) is 23.2 Å². The number of carbonyl (C=O) groups excluding carboxylic acids is 2. The lowest BCUT2D eigenvalue weighted by Gasteiger charge is -2.12. The normalized spacial score (nSPS) is 10.9. The molecule has 0 atom stereocenters. The van der Waals surface area contributed by atoms with Crippen molar-refractivity contribution < 1.29 is 19.1 Å². The Bertz CT molecular complexity index is 1240. The quantitative estimate of drug-likeness (QED) is 0.150. The fraction of sp³-hybridized carbons (Fsp3) is 0.364. The van der Waals surface area contributed by atoms with Gasteiger partial charge in [0.2, 0.25) is 5.91 Å². The van der Waals surface area contributed by atoms with Gasteiger partial charge in [-0.25, -0.2) is 4.98 Å². The highest BCUT2D eigenvalue weighted by molar-refractivity contribution is 6.00. The summed E-state index contributed by atoms with van der Waals surface area (Å²) in [7, 11) is 0. The van der Waals surface area contributed by atoms with Gasteiger partial charge < -0.3 is 14.8 Å². The minimum Gasteiger partial charge on any atom is -0.490 e. The first-order valence-corrected chi connectivity index (χ1v) is 14.0. The van der Waals surface area contributed by atoms with Crippen LogP contribution in [-0.2, 0) is 4.79 Å². The lowest BCUT2D eigenvalue weighted by molar-refractivity contribution is -0.116. The van der Waals surface area contributed by atoms with Gasteiger partial charge in [-0.1, -0.05) is 68.7 Å². The van der Waals surface area contributed by atoms with Crippen molar-refractivity contribution in [3.05, 3.63) is 77.9 Å². The molecule has 0 aliphatic carbocycles. The number of unbranched alkanes of at least 4 members (excludes halogenated alkanes) is 4. The summed E-state index contributed by atoms with van der Waals surface area (Å²) in [5.41, 5.74) is 3.23. The van der Waals surface area contributed by atoms with Crippen molar-refractivity contribution in [2.75, 3.05) is 18.5 Å². The third kappa shape index (κ3) is 9.71. The molecule has 2 aromatic carbocycles. The number of rotatable bonds is 16. The van der Waals surface area contributed by atoms with Crippen molar-refractivity contribution in [3.8, 4) is 22.8 Å². The third-order valence-electron chi connectivity index (χ3n) is 6.16. The van der Waals surface area contributed by atoms with Crippen molar-refractivity contribution >= 4 is 23.6 Å². The number of allylic oxidation sites excluding steroid dienone is 1. The standard InChI is InChI=1S/C33H40N2O4/c1-4-7-8-9-10-12-15-25-22-28(26-16-13-11-14-17-26)34-32(23-25)35-33(37)21-19-29(36)27-18-20-30(38-5-2)31(24-27)39-6-3/h11-18,20,22-24H,4-10,19,21H2,1-3H3,(H,34,35,37). The van der Waals surface area contributed by atoms with Gasteiger partial charge in [0.25, 0.3) is 0 Å². The largest absolute Gasteiger partial charge is 0.490 e. The molecule has 6 nitrogen and oxygen atoms in total. The highest BCUT2D eigenvalue weighted by Crippen LogP contribution is 2.29. The molecule has 1 N–H and O–H groups in total. The van der Waals surface area contributed by atoms with Gasteiger partial charge in [0, 0.05) is 24.0 Å². The van der Waals surface area contributed by atoms with Crippen LogP contribution in [-0.4, -0.2) is 29.9 Å². The van der Waals surface area contributed by atoms with Crippen LogP contribution in [0.2, 0.25) is 0 Å². The van der Waals surface area contributed by atoms with E-state index in [1.54, 1.807) is 18.2 Å². The lowest BCUT2D eigenvalue weighted by atomic mass is 10.1. The predicted molar refractivity (Wildman–Crippen MR) is 158 cm³/mol. The summed E-state index contributed by atoms with van der Waals surface area (Å²) in [5, 5.41) is 2.89. The SMILES string of the molecule is CCCCCCC=Cc1cc(NC(=O)CCC(=O)c2ccc(OCC)c(OCC)c2)nc(-c2ccccc2)c1. The fourth-order valence-corrected chi connectivity index (χ4v) is 4.18. The van der Waals surface area contributed by atoms with Crippen LogP contribution in [0.3, 0.4) is 0 Å². The number of ether oxygens (including phenoxy) is 2. The molecule has 206 valence electrons. The van der Waals surface area contributed by atoms with Gasteiger partial charge in [0.15, 0.2) is 17.3 Å². The van der Waals surface area contributed by atoms with Crippen molar-refractivity contribution in [2.24, 2.45) is 0 Å². The summed E-state index contributed by atoms with van der Waals surface area (Å²) in [5.74, 6) is 1.21. The minimum atomic E-state index is -0.258. The van der Waals surface area contributed by atoms with Crippen LogP contribution in [0.1, 0.15) is 81.6 Å². The number of benzene rings is 2. The van der Waals surface area contributed by atoms with Gasteiger partial charge in [-0.05, 0) is 62.6 Å². The maximum Gasteiger partial charge on any atom is 0.225 e. The number of nitrogens with zero attached hydrogens (tertiary/aromatic N) is 1. The first kappa shape index (κ1) is 29.6. The zero-order valence-corrected chi connectivity index (χ0v) is 23.4. The van der Waals surface area contributed by atoms with E-state index in [0.29, 0.717) is 36.1 Å². The van der Waals surface area contributed by atoms with E-state index in [-0.39, 0.29) is 24.5 Å². The van der Waals surface area contributed by atoms with Crippen molar-refractivity contribution in [2.45, 2.75) is 65.7 Å². The van der Waals surface area contributed by atoms with E-state index in [9.17, 15) is 9.59 Å². The average molecular weight is 529 g/mol. The molecule has 0 saturated carbocycles. The molecule has 6 heteroatoms. The van der Waals surface area contributed by atoms with Crippen LogP contribution in [0.5, 0.6) is 11.5 Å². The Morgan fingerprint density at radius 1 is 0.846 bits per heavy atom. The minimum absolute atomic E-state index is 0.0514. The van der Waals surface area contributed by atoms with Crippen LogP contribution in [0.15, 0.2) is 66.7 Å². The maximum atomic E-state index is 12.8. The highest BCUT2D eigenvalue weighted by Gasteiger charge is 2.14. The van der Waals surface area contributed by atoms with Crippen LogP contribution in [0.25, 0.3) is 17.3 Å². The van der Waals surface area contributed by atoms with Crippen molar-refractivity contribution in [1.82, 2.24) is 4.98 Å². The Morgan fingerprint density at radius 3 is 2.36 bits per heavy atom.